The summed E-state index contributed by atoms with van der Waals surface area (Å²) >= 11 is 12.6. The topological polar surface area (TPSA) is 0 Å². The lowest BCUT2D eigenvalue weighted by Crippen LogP contribution is -2.27. The molecule has 1 aromatic carbocycles. The van der Waals surface area contributed by atoms with E-state index in [1.54, 1.807) is 6.07 Å². The number of halogens is 3. The van der Waals surface area contributed by atoms with Gasteiger partial charge in [0.25, 0.3) is 0 Å². The molecule has 0 N–H and O–H groups in total. The van der Waals surface area contributed by atoms with Crippen LogP contribution in [0, 0.1) is 17.7 Å². The minimum atomic E-state index is -0.274. The third-order valence-corrected chi connectivity index (χ3v) is 5.12. The molecule has 3 unspecified atom stereocenters. The largest absolute Gasteiger partial charge is 0.207 e. The maximum Gasteiger partial charge on any atom is 0.124 e. The molecule has 1 saturated carbocycles. The van der Waals surface area contributed by atoms with Gasteiger partial charge in [-0.1, -0.05) is 37.4 Å². The van der Waals surface area contributed by atoms with Crippen LogP contribution in [-0.4, -0.2) is 5.38 Å². The number of rotatable bonds is 4. The van der Waals surface area contributed by atoms with Crippen LogP contribution in [0.5, 0.6) is 0 Å². The molecule has 3 heteroatoms. The van der Waals surface area contributed by atoms with Crippen molar-refractivity contribution < 1.29 is 4.39 Å². The van der Waals surface area contributed by atoms with E-state index in [1.165, 1.54) is 37.8 Å². The lowest BCUT2D eigenvalue weighted by Gasteiger charge is -2.33. The van der Waals surface area contributed by atoms with E-state index in [0.29, 0.717) is 10.9 Å². The maximum absolute atomic E-state index is 13.1. The first-order valence-electron chi connectivity index (χ1n) is 7.18. The standard InChI is InChI=1S/C16H21Cl2F/c1-2-3-11-4-7-15(17)13(8-11)9-12-5-6-14(19)10-16(12)18/h5-6,10-11,13,15H,2-4,7-9H2,1H3. The van der Waals surface area contributed by atoms with Gasteiger partial charge in [0.15, 0.2) is 0 Å². The van der Waals surface area contributed by atoms with Crippen LogP contribution >= 0.6 is 23.2 Å². The Kier molecular flexibility index (Phi) is 5.53. The molecule has 19 heavy (non-hydrogen) atoms. The van der Waals surface area contributed by atoms with Crippen molar-refractivity contribution in [3.05, 3.63) is 34.6 Å². The highest BCUT2D eigenvalue weighted by Crippen LogP contribution is 2.37. The van der Waals surface area contributed by atoms with Gasteiger partial charge >= 0.3 is 0 Å². The van der Waals surface area contributed by atoms with E-state index in [-0.39, 0.29) is 11.2 Å². The van der Waals surface area contributed by atoms with Crippen molar-refractivity contribution in [1.29, 1.82) is 0 Å². The number of alkyl halides is 1. The van der Waals surface area contributed by atoms with Crippen LogP contribution in [0.3, 0.4) is 0 Å². The van der Waals surface area contributed by atoms with Crippen LogP contribution in [0.4, 0.5) is 4.39 Å². The SMILES string of the molecule is CCCC1CCC(Cl)C(Cc2ccc(F)cc2Cl)C1. The van der Waals surface area contributed by atoms with E-state index in [4.69, 9.17) is 23.2 Å². The second-order valence-electron chi connectivity index (χ2n) is 5.68. The van der Waals surface area contributed by atoms with Gasteiger partial charge in [0.05, 0.1) is 0 Å². The van der Waals surface area contributed by atoms with Crippen LogP contribution in [-0.2, 0) is 6.42 Å². The summed E-state index contributed by atoms with van der Waals surface area (Å²) in [6.45, 7) is 2.23. The Hall–Kier alpha value is -0.270. The van der Waals surface area contributed by atoms with Crippen LogP contribution in [0.2, 0.25) is 5.02 Å². The summed E-state index contributed by atoms with van der Waals surface area (Å²) < 4.78 is 13.1. The number of benzene rings is 1. The predicted octanol–water partition coefficient (Wildman–Crippen LogP) is 5.85. The molecule has 0 aliphatic heterocycles. The van der Waals surface area contributed by atoms with E-state index in [0.717, 1.165) is 24.3 Å². The Morgan fingerprint density at radius 1 is 1.32 bits per heavy atom. The zero-order valence-electron chi connectivity index (χ0n) is 11.3. The molecule has 2 rings (SSSR count). The van der Waals surface area contributed by atoms with E-state index < -0.39 is 0 Å². The summed E-state index contributed by atoms with van der Waals surface area (Å²) in [7, 11) is 0. The molecular formula is C16H21Cl2F. The summed E-state index contributed by atoms with van der Waals surface area (Å²) in [4.78, 5) is 0. The smallest absolute Gasteiger partial charge is 0.124 e. The molecule has 0 nitrogen and oxygen atoms in total. The first kappa shape index (κ1) is 15.1. The summed E-state index contributed by atoms with van der Waals surface area (Å²) in [6, 6.07) is 4.67. The molecular weight excluding hydrogens is 282 g/mol. The maximum atomic E-state index is 13.1. The minimum absolute atomic E-state index is 0.231. The molecule has 106 valence electrons. The lowest BCUT2D eigenvalue weighted by atomic mass is 9.76. The van der Waals surface area contributed by atoms with Crippen molar-refractivity contribution in [2.24, 2.45) is 11.8 Å². The summed E-state index contributed by atoms with van der Waals surface area (Å²) in [5.41, 5.74) is 1.02. The van der Waals surface area contributed by atoms with Gasteiger partial charge in [-0.05, 0) is 55.2 Å². The molecule has 1 aromatic rings. The Morgan fingerprint density at radius 3 is 2.79 bits per heavy atom. The molecule has 0 spiro atoms. The first-order valence-corrected chi connectivity index (χ1v) is 7.99. The van der Waals surface area contributed by atoms with Crippen molar-refractivity contribution >= 4 is 23.2 Å². The molecule has 1 aliphatic carbocycles. The molecule has 0 saturated heterocycles. The van der Waals surface area contributed by atoms with E-state index in [2.05, 4.69) is 6.92 Å². The average Bonchev–Trinajstić information content (AvgIpc) is 2.37. The Labute approximate surface area is 125 Å². The average molecular weight is 303 g/mol. The molecule has 1 fully saturated rings. The van der Waals surface area contributed by atoms with Gasteiger partial charge in [-0.25, -0.2) is 4.39 Å². The fourth-order valence-corrected chi connectivity index (χ4v) is 3.74. The second-order valence-corrected chi connectivity index (χ2v) is 6.65. The molecule has 0 amide bonds. The van der Waals surface area contributed by atoms with Crippen LogP contribution in [0.15, 0.2) is 18.2 Å². The molecule has 0 bridgehead atoms. The third-order valence-electron chi connectivity index (χ3n) is 4.19. The van der Waals surface area contributed by atoms with Gasteiger partial charge in [0, 0.05) is 10.4 Å². The number of hydrogen-bond acceptors (Lipinski definition) is 0. The molecule has 0 aromatic heterocycles. The van der Waals surface area contributed by atoms with Gasteiger partial charge in [-0.15, -0.1) is 11.6 Å². The zero-order chi connectivity index (χ0) is 13.8. The van der Waals surface area contributed by atoms with E-state index in [9.17, 15) is 4.39 Å². The van der Waals surface area contributed by atoms with Crippen molar-refractivity contribution in [2.75, 3.05) is 0 Å². The lowest BCUT2D eigenvalue weighted by molar-refractivity contribution is 0.257. The zero-order valence-corrected chi connectivity index (χ0v) is 12.9. The highest BCUT2D eigenvalue weighted by atomic mass is 35.5. The van der Waals surface area contributed by atoms with Gasteiger partial charge in [-0.3, -0.25) is 0 Å². The van der Waals surface area contributed by atoms with Gasteiger partial charge in [-0.2, -0.15) is 0 Å². The van der Waals surface area contributed by atoms with Crippen LogP contribution < -0.4 is 0 Å². The quantitative estimate of drug-likeness (QED) is 0.612. The molecule has 0 radical (unpaired) electrons. The number of hydrogen-bond donors (Lipinski definition) is 0. The van der Waals surface area contributed by atoms with Crippen molar-refractivity contribution in [1.82, 2.24) is 0 Å². The summed E-state index contributed by atoms with van der Waals surface area (Å²) in [5.74, 6) is 0.989. The molecule has 3 atom stereocenters. The fourth-order valence-electron chi connectivity index (χ4n) is 3.18. The van der Waals surface area contributed by atoms with E-state index in [1.807, 2.05) is 0 Å². The highest BCUT2D eigenvalue weighted by molar-refractivity contribution is 6.31. The van der Waals surface area contributed by atoms with Crippen molar-refractivity contribution in [3.8, 4) is 0 Å². The third kappa shape index (κ3) is 4.10. The Bertz CT molecular complexity index is 419. The fraction of sp³-hybridized carbons (Fsp3) is 0.625. The Morgan fingerprint density at radius 2 is 2.11 bits per heavy atom. The van der Waals surface area contributed by atoms with Crippen LogP contribution in [0.25, 0.3) is 0 Å². The molecule has 1 aliphatic rings. The first-order chi connectivity index (χ1) is 9.10. The van der Waals surface area contributed by atoms with Crippen molar-refractivity contribution in [3.63, 3.8) is 0 Å². The predicted molar refractivity (Wildman–Crippen MR) is 80.5 cm³/mol. The summed E-state index contributed by atoms with van der Waals surface area (Å²) in [5, 5.41) is 0.760. The van der Waals surface area contributed by atoms with Crippen LogP contribution in [0.1, 0.15) is 44.6 Å². The minimum Gasteiger partial charge on any atom is -0.207 e. The van der Waals surface area contributed by atoms with Crippen molar-refractivity contribution in [2.45, 2.75) is 50.8 Å². The van der Waals surface area contributed by atoms with Gasteiger partial charge in [0.2, 0.25) is 0 Å². The second kappa shape index (κ2) is 6.95. The Balaban J connectivity index is 2.03. The van der Waals surface area contributed by atoms with Gasteiger partial charge < -0.3 is 0 Å². The monoisotopic (exact) mass is 302 g/mol. The van der Waals surface area contributed by atoms with E-state index >= 15 is 0 Å². The highest BCUT2D eigenvalue weighted by Gasteiger charge is 2.29. The normalized spacial score (nSPS) is 27.5. The summed E-state index contributed by atoms with van der Waals surface area (Å²) in [6.07, 6.45) is 6.91. The molecule has 0 heterocycles. The van der Waals surface area contributed by atoms with Gasteiger partial charge in [0.1, 0.15) is 5.82 Å².